The summed E-state index contributed by atoms with van der Waals surface area (Å²) in [6.07, 6.45) is 0. The van der Waals surface area contributed by atoms with Gasteiger partial charge >= 0.3 is 0 Å². The normalized spacial score (nSPS) is 12.1. The minimum absolute atomic E-state index is 0.171. The first-order chi connectivity index (χ1) is 9.22. The fourth-order valence-electron chi connectivity index (χ4n) is 1.97. The van der Waals surface area contributed by atoms with Gasteiger partial charge in [0.25, 0.3) is 10.0 Å². The predicted molar refractivity (Wildman–Crippen MR) is 81.6 cm³/mol. The molecule has 8 heteroatoms. The minimum atomic E-state index is -3.61. The van der Waals surface area contributed by atoms with Crippen LogP contribution in [0.1, 0.15) is 31.3 Å². The molecule has 0 amide bonds. The summed E-state index contributed by atoms with van der Waals surface area (Å²) in [7, 11) is -3.61. The van der Waals surface area contributed by atoms with Gasteiger partial charge in [-0.1, -0.05) is 0 Å². The molecule has 0 saturated carbocycles. The number of thiophene rings is 1. The maximum absolute atomic E-state index is 12.3. The quantitative estimate of drug-likeness (QED) is 0.907. The largest absolute Gasteiger partial charge is 0.398 e. The number of hydrogen-bond acceptors (Lipinski definition) is 5. The first kappa shape index (κ1) is 14.9. The zero-order chi connectivity index (χ0) is 15.1. The van der Waals surface area contributed by atoms with Crippen molar-refractivity contribution in [2.24, 2.45) is 0 Å². The third-order valence-corrected chi connectivity index (χ3v) is 5.72. The molecular weight excluding hydrogens is 296 g/mol. The van der Waals surface area contributed by atoms with Crippen LogP contribution in [0.25, 0.3) is 0 Å². The molecule has 0 bridgehead atoms. The number of anilines is 2. The SMILES string of the molecule is Cc1nn(C(C)C)c(C)c1NS(=O)(=O)c1cc(N)cs1. The summed E-state index contributed by atoms with van der Waals surface area (Å²) >= 11 is 1.10. The molecule has 0 fully saturated rings. The van der Waals surface area contributed by atoms with Gasteiger partial charge in [0.05, 0.1) is 17.1 Å². The molecule has 2 aromatic rings. The van der Waals surface area contributed by atoms with Gasteiger partial charge in [0.1, 0.15) is 4.21 Å². The summed E-state index contributed by atoms with van der Waals surface area (Å²) in [4.78, 5) is 0. The summed E-state index contributed by atoms with van der Waals surface area (Å²) in [5.74, 6) is 0. The number of hydrogen-bond donors (Lipinski definition) is 2. The van der Waals surface area contributed by atoms with Gasteiger partial charge < -0.3 is 5.73 Å². The zero-order valence-electron chi connectivity index (χ0n) is 11.8. The van der Waals surface area contributed by atoms with E-state index in [1.807, 2.05) is 20.8 Å². The lowest BCUT2D eigenvalue weighted by Crippen LogP contribution is -2.13. The molecular formula is C12H18N4O2S2. The highest BCUT2D eigenvalue weighted by Gasteiger charge is 2.21. The van der Waals surface area contributed by atoms with Crippen LogP contribution >= 0.6 is 11.3 Å². The van der Waals surface area contributed by atoms with Crippen molar-refractivity contribution in [3.63, 3.8) is 0 Å². The van der Waals surface area contributed by atoms with Gasteiger partial charge in [-0.15, -0.1) is 11.3 Å². The van der Waals surface area contributed by atoms with E-state index in [-0.39, 0.29) is 10.3 Å². The van der Waals surface area contributed by atoms with Crippen LogP contribution in [0.5, 0.6) is 0 Å². The van der Waals surface area contributed by atoms with Gasteiger partial charge in [0.2, 0.25) is 0 Å². The van der Waals surface area contributed by atoms with Crippen molar-refractivity contribution in [3.05, 3.63) is 22.8 Å². The third kappa shape index (κ3) is 2.66. The Morgan fingerprint density at radius 3 is 2.50 bits per heavy atom. The lowest BCUT2D eigenvalue weighted by atomic mass is 10.3. The molecule has 0 aliphatic rings. The summed E-state index contributed by atoms with van der Waals surface area (Å²) in [5, 5.41) is 5.96. The van der Waals surface area contributed by atoms with E-state index in [1.165, 1.54) is 6.07 Å². The first-order valence-corrected chi connectivity index (χ1v) is 8.51. The molecule has 0 aromatic carbocycles. The second-order valence-electron chi connectivity index (χ2n) is 4.89. The van der Waals surface area contributed by atoms with E-state index in [9.17, 15) is 8.42 Å². The fraction of sp³-hybridized carbons (Fsp3) is 0.417. The molecule has 0 aliphatic heterocycles. The van der Waals surface area contributed by atoms with Crippen LogP contribution in [0.2, 0.25) is 0 Å². The van der Waals surface area contributed by atoms with Gasteiger partial charge in [-0.2, -0.15) is 5.10 Å². The van der Waals surface area contributed by atoms with Crippen molar-refractivity contribution >= 4 is 32.7 Å². The third-order valence-electron chi connectivity index (χ3n) is 2.91. The van der Waals surface area contributed by atoms with Crippen LogP contribution in [0.15, 0.2) is 15.7 Å². The molecule has 2 heterocycles. The van der Waals surface area contributed by atoms with E-state index in [0.717, 1.165) is 17.0 Å². The second-order valence-corrected chi connectivity index (χ2v) is 7.71. The van der Waals surface area contributed by atoms with Crippen LogP contribution < -0.4 is 10.5 Å². The highest BCUT2D eigenvalue weighted by molar-refractivity contribution is 7.94. The van der Waals surface area contributed by atoms with Crippen molar-refractivity contribution < 1.29 is 8.42 Å². The molecule has 0 saturated heterocycles. The molecule has 2 aromatic heterocycles. The van der Waals surface area contributed by atoms with Gasteiger partial charge in [0, 0.05) is 17.1 Å². The highest BCUT2D eigenvalue weighted by Crippen LogP contribution is 2.28. The zero-order valence-corrected chi connectivity index (χ0v) is 13.5. The number of aromatic nitrogens is 2. The minimum Gasteiger partial charge on any atom is -0.398 e. The average molecular weight is 314 g/mol. The van der Waals surface area contributed by atoms with E-state index < -0.39 is 10.0 Å². The Balaban J connectivity index is 2.40. The highest BCUT2D eigenvalue weighted by atomic mass is 32.2. The summed E-state index contributed by atoms with van der Waals surface area (Å²) in [6.45, 7) is 7.63. The Morgan fingerprint density at radius 2 is 2.05 bits per heavy atom. The monoisotopic (exact) mass is 314 g/mol. The molecule has 20 heavy (non-hydrogen) atoms. The lowest BCUT2D eigenvalue weighted by Gasteiger charge is -2.09. The van der Waals surface area contributed by atoms with Crippen LogP contribution in [-0.4, -0.2) is 18.2 Å². The van der Waals surface area contributed by atoms with Crippen molar-refractivity contribution in [3.8, 4) is 0 Å². The van der Waals surface area contributed by atoms with Crippen LogP contribution in [0, 0.1) is 13.8 Å². The van der Waals surface area contributed by atoms with Crippen LogP contribution in [0.3, 0.4) is 0 Å². The summed E-state index contributed by atoms with van der Waals surface area (Å²) in [5.41, 5.74) is 8.01. The molecule has 2 rings (SSSR count). The Labute approximate surface area is 122 Å². The number of aryl methyl sites for hydroxylation is 1. The fourth-order valence-corrected chi connectivity index (χ4v) is 4.23. The van der Waals surface area contributed by atoms with E-state index in [2.05, 4.69) is 9.82 Å². The van der Waals surface area contributed by atoms with E-state index >= 15 is 0 Å². The van der Waals surface area contributed by atoms with E-state index in [0.29, 0.717) is 17.1 Å². The Hall–Kier alpha value is -1.54. The Bertz CT molecular complexity index is 729. The Morgan fingerprint density at radius 1 is 1.40 bits per heavy atom. The topological polar surface area (TPSA) is 90.0 Å². The second kappa shape index (κ2) is 5.10. The number of nitrogens with one attached hydrogen (secondary N) is 1. The molecule has 6 nitrogen and oxygen atoms in total. The van der Waals surface area contributed by atoms with Gasteiger partial charge in [-0.05, 0) is 33.8 Å². The summed E-state index contributed by atoms with van der Waals surface area (Å²) < 4.78 is 29.2. The number of sulfonamides is 1. The molecule has 0 spiro atoms. The molecule has 3 N–H and O–H groups in total. The molecule has 110 valence electrons. The molecule has 0 unspecified atom stereocenters. The van der Waals surface area contributed by atoms with Crippen molar-refractivity contribution in [2.75, 3.05) is 10.5 Å². The van der Waals surface area contributed by atoms with Gasteiger partial charge in [0.15, 0.2) is 0 Å². The van der Waals surface area contributed by atoms with Crippen LogP contribution in [0.4, 0.5) is 11.4 Å². The maximum Gasteiger partial charge on any atom is 0.271 e. The average Bonchev–Trinajstić information content (AvgIpc) is 2.88. The molecule has 0 atom stereocenters. The van der Waals surface area contributed by atoms with Crippen LogP contribution in [-0.2, 0) is 10.0 Å². The van der Waals surface area contributed by atoms with Crippen molar-refractivity contribution in [1.82, 2.24) is 9.78 Å². The number of nitrogens with two attached hydrogens (primary N) is 1. The number of nitrogen functional groups attached to an aromatic ring is 1. The molecule has 0 radical (unpaired) electrons. The number of nitrogens with zero attached hydrogens (tertiary/aromatic N) is 2. The standard InChI is InChI=1S/C12H18N4O2S2/c1-7(2)16-9(4)12(8(3)14-16)15-20(17,18)11-5-10(13)6-19-11/h5-7,15H,13H2,1-4H3. The smallest absolute Gasteiger partial charge is 0.271 e. The van der Waals surface area contributed by atoms with E-state index in [1.54, 1.807) is 17.0 Å². The van der Waals surface area contributed by atoms with Gasteiger partial charge in [-0.3, -0.25) is 9.40 Å². The Kier molecular flexibility index (Phi) is 3.79. The maximum atomic E-state index is 12.3. The van der Waals surface area contributed by atoms with Crippen molar-refractivity contribution in [2.45, 2.75) is 37.9 Å². The van der Waals surface area contributed by atoms with Crippen molar-refractivity contribution in [1.29, 1.82) is 0 Å². The lowest BCUT2D eigenvalue weighted by molar-refractivity contribution is 0.516. The van der Waals surface area contributed by atoms with Gasteiger partial charge in [-0.25, -0.2) is 8.42 Å². The summed E-state index contributed by atoms with van der Waals surface area (Å²) in [6, 6.07) is 1.62. The van der Waals surface area contributed by atoms with E-state index in [4.69, 9.17) is 5.73 Å². The molecule has 0 aliphatic carbocycles. The first-order valence-electron chi connectivity index (χ1n) is 6.15. The number of rotatable bonds is 4. The predicted octanol–water partition coefficient (Wildman–Crippen LogP) is 2.53.